The highest BCUT2D eigenvalue weighted by Crippen LogP contribution is 2.44. The molecule has 2 aliphatic carbocycles. The number of fused-ring (bicyclic) bond motifs is 3. The van der Waals surface area contributed by atoms with E-state index in [1.54, 1.807) is 6.92 Å². The molecule has 34 heavy (non-hydrogen) atoms. The lowest BCUT2D eigenvalue weighted by atomic mass is 9.93. The fraction of sp³-hybridized carbons (Fsp3) is 0.444. The molecule has 3 atom stereocenters. The second-order valence-corrected chi connectivity index (χ2v) is 9.33. The normalized spacial score (nSPS) is 20.4. The summed E-state index contributed by atoms with van der Waals surface area (Å²) in [6.45, 7) is 1.90. The third kappa shape index (κ3) is 5.41. The zero-order chi connectivity index (χ0) is 24.1. The van der Waals surface area contributed by atoms with Crippen molar-refractivity contribution in [3.05, 3.63) is 59.7 Å². The van der Waals surface area contributed by atoms with Crippen LogP contribution in [0.25, 0.3) is 11.1 Å². The molecular weight excluding hydrogens is 432 g/mol. The molecule has 3 N–H and O–H groups in total. The van der Waals surface area contributed by atoms with Crippen molar-refractivity contribution in [2.75, 3.05) is 6.61 Å². The number of carbonyl (C=O) groups excluding carboxylic acids is 2. The van der Waals surface area contributed by atoms with Gasteiger partial charge in [-0.25, -0.2) is 4.79 Å². The van der Waals surface area contributed by atoms with Crippen LogP contribution in [0.5, 0.6) is 0 Å². The van der Waals surface area contributed by atoms with Crippen LogP contribution in [0, 0.1) is 5.92 Å². The van der Waals surface area contributed by atoms with Crippen molar-refractivity contribution in [1.29, 1.82) is 0 Å². The summed E-state index contributed by atoms with van der Waals surface area (Å²) < 4.78 is 5.69. The molecular formula is C27H32N2O5. The lowest BCUT2D eigenvalue weighted by Crippen LogP contribution is -2.48. The minimum Gasteiger partial charge on any atom is -0.481 e. The monoisotopic (exact) mass is 464 g/mol. The molecule has 0 bridgehead atoms. The van der Waals surface area contributed by atoms with Crippen molar-refractivity contribution < 1.29 is 24.2 Å². The quantitative estimate of drug-likeness (QED) is 0.525. The first-order valence-electron chi connectivity index (χ1n) is 12.1. The van der Waals surface area contributed by atoms with Gasteiger partial charge in [0.25, 0.3) is 0 Å². The molecule has 7 heteroatoms. The van der Waals surface area contributed by atoms with Crippen LogP contribution in [0.2, 0.25) is 0 Å². The Labute approximate surface area is 199 Å². The summed E-state index contributed by atoms with van der Waals surface area (Å²) in [5, 5.41) is 14.7. The van der Waals surface area contributed by atoms with E-state index in [-0.39, 0.29) is 30.9 Å². The van der Waals surface area contributed by atoms with E-state index in [1.165, 1.54) is 11.1 Å². The summed E-state index contributed by atoms with van der Waals surface area (Å²) >= 11 is 0. The molecule has 2 aromatic rings. The zero-order valence-corrected chi connectivity index (χ0v) is 19.5. The number of ether oxygens (including phenoxy) is 1. The molecule has 0 aliphatic heterocycles. The summed E-state index contributed by atoms with van der Waals surface area (Å²) in [6.07, 6.45) is 3.50. The third-order valence-corrected chi connectivity index (χ3v) is 6.87. The van der Waals surface area contributed by atoms with Crippen LogP contribution in [-0.2, 0) is 14.3 Å². The van der Waals surface area contributed by atoms with Gasteiger partial charge < -0.3 is 20.5 Å². The van der Waals surface area contributed by atoms with Crippen molar-refractivity contribution in [2.24, 2.45) is 5.92 Å². The molecule has 0 unspecified atom stereocenters. The number of hydrogen-bond acceptors (Lipinski definition) is 4. The van der Waals surface area contributed by atoms with E-state index < -0.39 is 24.0 Å². The van der Waals surface area contributed by atoms with Gasteiger partial charge in [-0.2, -0.15) is 0 Å². The highest BCUT2D eigenvalue weighted by molar-refractivity contribution is 5.82. The van der Waals surface area contributed by atoms with Crippen molar-refractivity contribution in [2.45, 2.75) is 63.5 Å². The number of carboxylic acids is 1. The first-order chi connectivity index (χ1) is 16.4. The molecule has 2 aliphatic rings. The Kier molecular flexibility index (Phi) is 7.50. The van der Waals surface area contributed by atoms with E-state index in [4.69, 9.17) is 9.84 Å². The van der Waals surface area contributed by atoms with Crippen LogP contribution in [0.1, 0.15) is 62.5 Å². The van der Waals surface area contributed by atoms with Gasteiger partial charge in [0.1, 0.15) is 6.61 Å². The molecule has 0 radical (unpaired) electrons. The van der Waals surface area contributed by atoms with E-state index in [1.807, 2.05) is 24.3 Å². The smallest absolute Gasteiger partial charge is 0.407 e. The molecule has 1 fully saturated rings. The number of nitrogens with one attached hydrogen (secondary N) is 2. The van der Waals surface area contributed by atoms with Crippen molar-refractivity contribution in [3.8, 4) is 11.1 Å². The minimum absolute atomic E-state index is 0.0248. The zero-order valence-electron chi connectivity index (χ0n) is 19.5. The summed E-state index contributed by atoms with van der Waals surface area (Å²) in [6, 6.07) is 15.5. The molecule has 2 amide bonds. The summed E-state index contributed by atoms with van der Waals surface area (Å²) in [5.41, 5.74) is 4.64. The molecule has 0 aromatic heterocycles. The first-order valence-corrected chi connectivity index (χ1v) is 12.1. The van der Waals surface area contributed by atoms with Crippen molar-refractivity contribution >= 4 is 18.0 Å². The van der Waals surface area contributed by atoms with Crippen LogP contribution >= 0.6 is 0 Å². The van der Waals surface area contributed by atoms with Crippen LogP contribution < -0.4 is 10.6 Å². The first kappa shape index (κ1) is 23.8. The molecule has 0 heterocycles. The molecule has 0 saturated heterocycles. The van der Waals surface area contributed by atoms with Crippen LogP contribution in [0.15, 0.2) is 48.5 Å². The van der Waals surface area contributed by atoms with Gasteiger partial charge in [-0.1, -0.05) is 67.8 Å². The van der Waals surface area contributed by atoms with E-state index >= 15 is 0 Å². The lowest BCUT2D eigenvalue weighted by Gasteiger charge is -2.26. The Hall–Kier alpha value is -3.35. The second kappa shape index (κ2) is 10.7. The Morgan fingerprint density at radius 3 is 2.24 bits per heavy atom. The van der Waals surface area contributed by atoms with Gasteiger partial charge in [-0.3, -0.25) is 9.59 Å². The minimum atomic E-state index is -0.957. The number of alkyl carbamates (subject to hydrolysis) is 1. The van der Waals surface area contributed by atoms with Crippen LogP contribution in [-0.4, -0.2) is 41.8 Å². The van der Waals surface area contributed by atoms with Gasteiger partial charge in [0.2, 0.25) is 5.91 Å². The lowest BCUT2D eigenvalue weighted by molar-refractivity contribution is -0.137. The maximum Gasteiger partial charge on any atom is 0.407 e. The number of aliphatic carboxylic acids is 1. The number of benzene rings is 2. The number of rotatable bonds is 7. The Morgan fingerprint density at radius 1 is 0.971 bits per heavy atom. The van der Waals surface area contributed by atoms with E-state index in [9.17, 15) is 14.4 Å². The fourth-order valence-electron chi connectivity index (χ4n) is 5.25. The number of hydrogen-bond donors (Lipinski definition) is 3. The van der Waals surface area contributed by atoms with E-state index in [0.29, 0.717) is 12.8 Å². The number of carbonyl (C=O) groups is 3. The number of amides is 2. The average molecular weight is 465 g/mol. The van der Waals surface area contributed by atoms with Crippen LogP contribution in [0.3, 0.4) is 0 Å². The Morgan fingerprint density at radius 2 is 1.59 bits per heavy atom. The highest BCUT2D eigenvalue weighted by Gasteiger charge is 2.33. The van der Waals surface area contributed by atoms with Gasteiger partial charge in [0, 0.05) is 18.0 Å². The van der Waals surface area contributed by atoms with Gasteiger partial charge in [0.15, 0.2) is 0 Å². The molecule has 180 valence electrons. The second-order valence-electron chi connectivity index (χ2n) is 9.33. The molecule has 4 rings (SSSR count). The fourth-order valence-corrected chi connectivity index (χ4v) is 5.25. The molecule has 7 nitrogen and oxygen atoms in total. The summed E-state index contributed by atoms with van der Waals surface area (Å²) in [5.74, 6) is -1.59. The third-order valence-electron chi connectivity index (χ3n) is 6.87. The number of carboxylic acid groups (broad SMARTS) is 1. The van der Waals surface area contributed by atoms with Gasteiger partial charge in [0.05, 0.1) is 12.3 Å². The van der Waals surface area contributed by atoms with Gasteiger partial charge in [-0.05, 0) is 42.0 Å². The predicted octanol–water partition coefficient (Wildman–Crippen LogP) is 4.45. The standard InChI is InChI=1S/C27H32N2O5/c1-17(15-25(30)31)28-26(32)22-13-3-2-4-14-24(22)29-27(33)34-16-23-20-11-7-5-9-18(20)19-10-6-8-12-21(19)23/h5-12,17,22-24H,2-4,13-16H2,1H3,(H,28,32)(H,29,33)(H,30,31)/t17-,22+,24-/m1/s1. The Balaban J connectivity index is 1.39. The Bertz CT molecular complexity index is 1010. The summed E-state index contributed by atoms with van der Waals surface area (Å²) in [4.78, 5) is 36.6. The maximum absolute atomic E-state index is 12.9. The van der Waals surface area contributed by atoms with Crippen molar-refractivity contribution in [3.63, 3.8) is 0 Å². The van der Waals surface area contributed by atoms with Crippen LogP contribution in [0.4, 0.5) is 4.79 Å². The highest BCUT2D eigenvalue weighted by atomic mass is 16.5. The van der Waals surface area contributed by atoms with E-state index in [2.05, 4.69) is 34.9 Å². The molecule has 0 spiro atoms. The molecule has 1 saturated carbocycles. The summed E-state index contributed by atoms with van der Waals surface area (Å²) in [7, 11) is 0. The molecule has 2 aromatic carbocycles. The van der Waals surface area contributed by atoms with Crippen molar-refractivity contribution in [1.82, 2.24) is 10.6 Å². The average Bonchev–Trinajstić information content (AvgIpc) is 2.94. The maximum atomic E-state index is 12.9. The largest absolute Gasteiger partial charge is 0.481 e. The van der Waals surface area contributed by atoms with Gasteiger partial charge in [-0.15, -0.1) is 0 Å². The van der Waals surface area contributed by atoms with Gasteiger partial charge >= 0.3 is 12.1 Å². The predicted molar refractivity (Wildman–Crippen MR) is 128 cm³/mol. The van der Waals surface area contributed by atoms with E-state index in [0.717, 1.165) is 30.4 Å². The topological polar surface area (TPSA) is 105 Å². The SMILES string of the molecule is C[C@H](CC(=O)O)NC(=O)[C@H]1CCCCC[C@H]1NC(=O)OCC1c2ccccc2-c2ccccc21.